The average molecular weight is 353 g/mol. The first-order chi connectivity index (χ1) is 12.6. The molecule has 3 heterocycles. The average Bonchev–Trinajstić information content (AvgIpc) is 3.25. The molecule has 0 radical (unpaired) electrons. The van der Waals surface area contributed by atoms with Gasteiger partial charge in [0, 0.05) is 6.42 Å². The number of rotatable bonds is 5. The number of anilines is 1. The van der Waals surface area contributed by atoms with Gasteiger partial charge in [-0.05, 0) is 18.6 Å². The lowest BCUT2D eigenvalue weighted by Gasteiger charge is -2.13. The normalized spacial score (nSPS) is 13.5. The molecule has 0 saturated heterocycles. The minimum absolute atomic E-state index is 0.0516. The molecule has 132 valence electrons. The fraction of sp³-hybridized carbons (Fsp3) is 0.211. The van der Waals surface area contributed by atoms with Gasteiger partial charge in [-0.15, -0.1) is 0 Å². The number of esters is 1. The lowest BCUT2D eigenvalue weighted by molar-refractivity contribution is -0.134. The molecule has 1 aromatic carbocycles. The zero-order valence-corrected chi connectivity index (χ0v) is 14.2. The van der Waals surface area contributed by atoms with Crippen LogP contribution in [0.5, 0.6) is 11.5 Å². The van der Waals surface area contributed by atoms with E-state index in [1.807, 2.05) is 6.92 Å². The van der Waals surface area contributed by atoms with Gasteiger partial charge in [0.15, 0.2) is 11.2 Å². The number of ether oxygens (including phenoxy) is 2. The van der Waals surface area contributed by atoms with Crippen LogP contribution in [0.1, 0.15) is 40.5 Å². The molecule has 0 aliphatic carbocycles. The summed E-state index contributed by atoms with van der Waals surface area (Å²) in [6, 6.07) is 8.61. The van der Waals surface area contributed by atoms with Crippen molar-refractivity contribution in [1.29, 1.82) is 0 Å². The summed E-state index contributed by atoms with van der Waals surface area (Å²) in [7, 11) is 1.39. The Balaban J connectivity index is 1.83. The van der Waals surface area contributed by atoms with E-state index in [9.17, 15) is 14.4 Å². The van der Waals surface area contributed by atoms with Crippen molar-refractivity contribution in [3.05, 3.63) is 41.5 Å². The Bertz CT molecular complexity index is 1020. The Labute approximate surface area is 148 Å². The molecule has 0 unspecified atom stereocenters. The topological polar surface area (TPSA) is 86.1 Å². The van der Waals surface area contributed by atoms with Crippen LogP contribution in [0.2, 0.25) is 0 Å². The molecule has 7 nitrogen and oxygen atoms in total. The fourth-order valence-corrected chi connectivity index (χ4v) is 3.14. The van der Waals surface area contributed by atoms with E-state index >= 15 is 0 Å². The van der Waals surface area contributed by atoms with Crippen molar-refractivity contribution in [1.82, 2.24) is 0 Å². The summed E-state index contributed by atoms with van der Waals surface area (Å²) in [6.45, 7) is 1.85. The van der Waals surface area contributed by atoms with Crippen LogP contribution in [-0.2, 0) is 4.79 Å². The zero-order valence-electron chi connectivity index (χ0n) is 14.2. The lowest BCUT2D eigenvalue weighted by atomic mass is 10.1. The smallest absolute Gasteiger partial charge is 0.311 e. The van der Waals surface area contributed by atoms with Crippen molar-refractivity contribution in [2.75, 3.05) is 12.0 Å². The number of para-hydroxylation sites is 1. The predicted octanol–water partition coefficient (Wildman–Crippen LogP) is 3.39. The number of amides is 2. The van der Waals surface area contributed by atoms with Gasteiger partial charge in [0.25, 0.3) is 11.8 Å². The van der Waals surface area contributed by atoms with Crippen molar-refractivity contribution in [2.24, 2.45) is 0 Å². The first-order valence-electron chi connectivity index (χ1n) is 8.18. The summed E-state index contributed by atoms with van der Waals surface area (Å²) in [5.74, 6) is -1.26. The molecule has 0 saturated carbocycles. The Morgan fingerprint density at radius 3 is 2.23 bits per heavy atom. The Kier molecular flexibility index (Phi) is 3.64. The minimum atomic E-state index is -0.514. The van der Waals surface area contributed by atoms with Gasteiger partial charge in [-0.1, -0.05) is 25.1 Å². The van der Waals surface area contributed by atoms with Crippen LogP contribution in [0.25, 0.3) is 11.2 Å². The van der Waals surface area contributed by atoms with Crippen LogP contribution in [0.15, 0.2) is 34.7 Å². The number of methoxy groups -OCH3 is 1. The molecule has 0 N–H and O–H groups in total. The molecule has 2 bridgehead atoms. The summed E-state index contributed by atoms with van der Waals surface area (Å²) in [4.78, 5) is 38.7. The molecule has 3 aromatic rings. The third-order valence-corrected chi connectivity index (χ3v) is 4.25. The SMILES string of the molecule is CCCC(=O)Oc1c(OC)c2oc1c1c2C(=O)N(c2ccccc2)C1=O. The van der Waals surface area contributed by atoms with Crippen molar-refractivity contribution in [2.45, 2.75) is 19.8 Å². The highest BCUT2D eigenvalue weighted by Gasteiger charge is 2.46. The van der Waals surface area contributed by atoms with Gasteiger partial charge in [0.05, 0.1) is 12.8 Å². The van der Waals surface area contributed by atoms with E-state index in [-0.39, 0.29) is 40.2 Å². The lowest BCUT2D eigenvalue weighted by Crippen LogP contribution is -2.29. The van der Waals surface area contributed by atoms with E-state index < -0.39 is 17.8 Å². The van der Waals surface area contributed by atoms with Gasteiger partial charge >= 0.3 is 5.97 Å². The number of imide groups is 1. The van der Waals surface area contributed by atoms with E-state index in [1.54, 1.807) is 30.3 Å². The van der Waals surface area contributed by atoms with Crippen LogP contribution in [0, 0.1) is 0 Å². The Morgan fingerprint density at radius 1 is 1.04 bits per heavy atom. The van der Waals surface area contributed by atoms with E-state index in [0.717, 1.165) is 4.90 Å². The largest absolute Gasteiger partial charge is 0.490 e. The molecule has 7 heteroatoms. The maximum absolute atomic E-state index is 12.9. The molecule has 0 atom stereocenters. The second-order valence-electron chi connectivity index (χ2n) is 5.88. The van der Waals surface area contributed by atoms with E-state index in [4.69, 9.17) is 13.9 Å². The van der Waals surface area contributed by atoms with Gasteiger partial charge < -0.3 is 13.9 Å². The van der Waals surface area contributed by atoms with Crippen molar-refractivity contribution < 1.29 is 28.3 Å². The second kappa shape index (κ2) is 5.87. The van der Waals surface area contributed by atoms with E-state index in [1.165, 1.54) is 7.11 Å². The van der Waals surface area contributed by atoms with Gasteiger partial charge in [0.2, 0.25) is 11.5 Å². The van der Waals surface area contributed by atoms with Gasteiger partial charge in [0.1, 0.15) is 11.1 Å². The summed E-state index contributed by atoms with van der Waals surface area (Å²) in [6.07, 6.45) is 0.840. The quantitative estimate of drug-likeness (QED) is 0.397. The standard InChI is InChI=1S/C19H15NO6/c1-3-7-11(21)25-17-15-13-12(14(26-15)16(17)24-2)18(22)20(19(13)23)10-8-5-4-6-9-10/h4-6,8-9H,3,7H2,1-2H3. The summed E-state index contributed by atoms with van der Waals surface area (Å²) in [5.41, 5.74) is 0.887. The van der Waals surface area contributed by atoms with E-state index in [0.29, 0.717) is 12.1 Å². The number of hydrogen-bond acceptors (Lipinski definition) is 6. The highest BCUT2D eigenvalue weighted by Crippen LogP contribution is 2.50. The van der Waals surface area contributed by atoms with Crippen LogP contribution in [-0.4, -0.2) is 24.9 Å². The first kappa shape index (κ1) is 16.1. The maximum Gasteiger partial charge on any atom is 0.311 e. The molecule has 1 aliphatic heterocycles. The van der Waals surface area contributed by atoms with Crippen LogP contribution < -0.4 is 14.4 Å². The molecular formula is C19H15NO6. The first-order valence-corrected chi connectivity index (χ1v) is 8.18. The molecule has 0 fully saturated rings. The molecule has 2 amide bonds. The number of carbonyl (C=O) groups is 3. The third kappa shape index (κ3) is 2.10. The van der Waals surface area contributed by atoms with Gasteiger partial charge in [-0.3, -0.25) is 14.4 Å². The predicted molar refractivity (Wildman–Crippen MR) is 92.1 cm³/mol. The summed E-state index contributed by atoms with van der Waals surface area (Å²) >= 11 is 0. The summed E-state index contributed by atoms with van der Waals surface area (Å²) < 4.78 is 16.2. The van der Waals surface area contributed by atoms with Crippen molar-refractivity contribution in [3.63, 3.8) is 0 Å². The van der Waals surface area contributed by atoms with Gasteiger partial charge in [-0.25, -0.2) is 4.90 Å². The maximum atomic E-state index is 12.9. The number of fused-ring (bicyclic) bond motifs is 5. The zero-order chi connectivity index (χ0) is 18.4. The van der Waals surface area contributed by atoms with Crippen molar-refractivity contribution in [3.8, 4) is 11.5 Å². The highest BCUT2D eigenvalue weighted by molar-refractivity contribution is 6.39. The third-order valence-electron chi connectivity index (χ3n) is 4.25. The van der Waals surface area contributed by atoms with Crippen molar-refractivity contribution >= 4 is 34.6 Å². The molecule has 0 spiro atoms. The monoisotopic (exact) mass is 353 g/mol. The number of furan rings is 2. The number of hydrogen-bond donors (Lipinski definition) is 0. The second-order valence-corrected chi connectivity index (χ2v) is 5.88. The number of nitrogens with zero attached hydrogens (tertiary/aromatic N) is 1. The molecule has 26 heavy (non-hydrogen) atoms. The van der Waals surface area contributed by atoms with Crippen LogP contribution in [0.4, 0.5) is 5.69 Å². The Morgan fingerprint density at radius 2 is 1.65 bits per heavy atom. The number of benzene rings is 2. The molecule has 2 aromatic heterocycles. The summed E-state index contributed by atoms with van der Waals surface area (Å²) in [5, 5.41) is 0. The number of carbonyl (C=O) groups excluding carboxylic acids is 3. The van der Waals surface area contributed by atoms with E-state index in [2.05, 4.69) is 0 Å². The van der Waals surface area contributed by atoms with Crippen LogP contribution >= 0.6 is 0 Å². The fourth-order valence-electron chi connectivity index (χ4n) is 3.14. The minimum Gasteiger partial charge on any atom is -0.490 e. The van der Waals surface area contributed by atoms with Gasteiger partial charge in [-0.2, -0.15) is 0 Å². The molecular weight excluding hydrogens is 338 g/mol. The molecule has 4 rings (SSSR count). The Hall–Kier alpha value is -3.35. The van der Waals surface area contributed by atoms with Crippen LogP contribution in [0.3, 0.4) is 0 Å². The highest BCUT2D eigenvalue weighted by atomic mass is 16.6. The molecule has 1 aliphatic rings.